The van der Waals surface area contributed by atoms with Crippen LogP contribution < -0.4 is 29.6 Å². The van der Waals surface area contributed by atoms with Crippen LogP contribution in [0.1, 0.15) is 106 Å². The van der Waals surface area contributed by atoms with Crippen molar-refractivity contribution < 1.29 is 100 Å². The van der Waals surface area contributed by atoms with E-state index >= 15 is 0 Å². The Bertz CT molecular complexity index is 1770. The number of esters is 1. The number of fused-ring (bicyclic) bond motifs is 4. The van der Waals surface area contributed by atoms with Crippen molar-refractivity contribution in [2.24, 2.45) is 39.4 Å². The molecule has 1 spiro atoms. The predicted octanol–water partition coefficient (Wildman–Crippen LogP) is -0.0229. The van der Waals surface area contributed by atoms with Crippen LogP contribution in [0.15, 0.2) is 23.8 Å². The number of carbonyl (C=O) groups excluding carboxylic acids is 2. The Morgan fingerprint density at radius 1 is 0.983 bits per heavy atom. The Morgan fingerprint density at radius 2 is 1.67 bits per heavy atom. The van der Waals surface area contributed by atoms with E-state index in [0.29, 0.717) is 32.1 Å². The molecule has 322 valence electrons. The van der Waals surface area contributed by atoms with Crippen molar-refractivity contribution in [2.75, 3.05) is 6.61 Å². The summed E-state index contributed by atoms with van der Waals surface area (Å²) in [5.74, 6) is -0.569. The smallest absolute Gasteiger partial charge is 0.726 e. The number of ketones is 1. The van der Waals surface area contributed by atoms with E-state index in [4.69, 9.17) is 23.7 Å². The number of hydrogen-bond acceptors (Lipinski definition) is 15. The van der Waals surface area contributed by atoms with Crippen molar-refractivity contribution in [3.05, 3.63) is 23.8 Å². The molecule has 0 aromatic carbocycles. The molecule has 0 radical (unpaired) electrons. The fourth-order valence-corrected chi connectivity index (χ4v) is 13.3. The first-order valence-electron chi connectivity index (χ1n) is 20.5. The normalized spacial score (nSPS) is 48.4. The van der Waals surface area contributed by atoms with Crippen LogP contribution >= 0.6 is 0 Å². The number of allylic oxidation sites excluding steroid dienone is 3. The summed E-state index contributed by atoms with van der Waals surface area (Å²) in [5, 5.41) is 42.7. The van der Waals surface area contributed by atoms with Crippen LogP contribution in [0.2, 0.25) is 0 Å². The van der Waals surface area contributed by atoms with Crippen molar-refractivity contribution >= 4 is 22.2 Å². The van der Waals surface area contributed by atoms with E-state index in [1.54, 1.807) is 0 Å². The minimum atomic E-state index is -5.27. The zero-order valence-corrected chi connectivity index (χ0v) is 37.9. The zero-order chi connectivity index (χ0) is 41.8. The van der Waals surface area contributed by atoms with E-state index in [9.17, 15) is 43.0 Å². The average molecular weight is 849 g/mol. The van der Waals surface area contributed by atoms with Gasteiger partial charge in [0.15, 0.2) is 12.6 Å². The molecule has 7 aliphatic rings. The summed E-state index contributed by atoms with van der Waals surface area (Å²) in [4.78, 5) is 28.4. The third-order valence-electron chi connectivity index (χ3n) is 15.6. The molecule has 15 nitrogen and oxygen atoms in total. The standard InChI is InChI=1S/C41H62O15S.Na/c1-20(2)10-9-15-40(8)33-24(42)18-39(7)23-11-12-26-37(4,5)27(14-16-38(26,6)22(23)13-17-41(33,39)36(47)55-40)53-35-32(29(44)25(19-51-35)56-57(48,49)50)54-34-31(46)30(45)28(43)21(3)52-34;/h13,21,23,25-35,43-46H,1,9-12,14-19H2,2-8H3,(H,48,49,50);/q;+1/p-1/t21-,23-,25-,26+,27+,28-,29+,30+,31-,32-,33-,34-,35+,38-,39+,40+,41-;/m1./s1. The molecule has 0 aromatic rings. The fraction of sp³-hybridized carbons (Fsp3) is 0.854. The van der Waals surface area contributed by atoms with Crippen molar-refractivity contribution in [3.63, 3.8) is 0 Å². The molecule has 58 heavy (non-hydrogen) atoms. The fourth-order valence-electron chi connectivity index (χ4n) is 12.8. The number of ether oxygens (including phenoxy) is 5. The van der Waals surface area contributed by atoms with Crippen LogP contribution in [0, 0.1) is 39.4 Å². The third kappa shape index (κ3) is 7.37. The van der Waals surface area contributed by atoms with Gasteiger partial charge in [-0.05, 0) is 100 Å². The van der Waals surface area contributed by atoms with Gasteiger partial charge in [0, 0.05) is 6.42 Å². The van der Waals surface area contributed by atoms with Gasteiger partial charge in [0.2, 0.25) is 10.4 Å². The number of aliphatic hydroxyl groups is 4. The molecular formula is C41H61NaO15S. The molecular weight excluding hydrogens is 787 g/mol. The average Bonchev–Trinajstić information content (AvgIpc) is 3.50. The maximum atomic E-state index is 14.2. The van der Waals surface area contributed by atoms with Crippen molar-refractivity contribution in [1.82, 2.24) is 0 Å². The zero-order valence-electron chi connectivity index (χ0n) is 35.0. The first-order valence-corrected chi connectivity index (χ1v) is 21.8. The first kappa shape index (κ1) is 46.7. The van der Waals surface area contributed by atoms with Gasteiger partial charge in [-0.2, -0.15) is 0 Å². The van der Waals surface area contributed by atoms with E-state index in [1.807, 2.05) is 13.8 Å². The molecule has 3 saturated heterocycles. The minimum absolute atomic E-state index is 0. The van der Waals surface area contributed by atoms with Crippen LogP contribution in [-0.2, 0) is 47.9 Å². The van der Waals surface area contributed by atoms with Gasteiger partial charge >= 0.3 is 35.5 Å². The molecule has 17 atom stereocenters. The SMILES string of the molecule is C=C(C)CCC[C@]1(C)OC(=O)[C@]23CC=C4[C@@H](CC[C@H]5C(C)(C)[C@@H](O[C@@H]6OC[C@@H](OS(=O)(=O)[O-])[C@H](O)[C@H]6O[C@H]6O[C@H](C)[C@@H](O)[C@H](O)[C@H]6O)CC[C@]45C)[C@]2(C)CC(=O)[C@@H]31.[Na+]. The second-order valence-electron chi connectivity index (χ2n) is 19.4. The van der Waals surface area contributed by atoms with Gasteiger partial charge in [0.1, 0.15) is 48.0 Å². The second kappa shape index (κ2) is 16.1. The third-order valence-corrected chi connectivity index (χ3v) is 16.1. The summed E-state index contributed by atoms with van der Waals surface area (Å²) >= 11 is 0. The predicted molar refractivity (Wildman–Crippen MR) is 199 cm³/mol. The van der Waals surface area contributed by atoms with Crippen molar-refractivity contribution in [1.29, 1.82) is 0 Å². The molecule has 17 heteroatoms. The molecule has 4 N–H and O–H groups in total. The Hall–Kier alpha value is -0.830. The van der Waals surface area contributed by atoms with Gasteiger partial charge in [-0.1, -0.05) is 44.9 Å². The van der Waals surface area contributed by atoms with E-state index in [-0.39, 0.29) is 58.6 Å². The monoisotopic (exact) mass is 848 g/mol. The molecule has 3 saturated carbocycles. The van der Waals surface area contributed by atoms with E-state index in [1.165, 1.54) is 12.5 Å². The van der Waals surface area contributed by atoms with Gasteiger partial charge in [-0.15, -0.1) is 6.58 Å². The largest absolute Gasteiger partial charge is 1.00 e. The van der Waals surface area contributed by atoms with Gasteiger partial charge < -0.3 is 48.7 Å². The topological polar surface area (TPSA) is 228 Å². The van der Waals surface area contributed by atoms with Gasteiger partial charge in [0.05, 0.1) is 30.1 Å². The number of carbonyl (C=O) groups is 2. The van der Waals surface area contributed by atoms with Crippen molar-refractivity contribution in [3.8, 4) is 0 Å². The summed E-state index contributed by atoms with van der Waals surface area (Å²) in [5.41, 5.74) is -0.876. The summed E-state index contributed by atoms with van der Waals surface area (Å²) in [6.07, 6.45) is -6.27. The summed E-state index contributed by atoms with van der Waals surface area (Å²) in [6.45, 7) is 17.5. The van der Waals surface area contributed by atoms with Gasteiger partial charge in [0.25, 0.3) is 0 Å². The van der Waals surface area contributed by atoms with E-state index in [2.05, 4.69) is 44.5 Å². The van der Waals surface area contributed by atoms with Crippen molar-refractivity contribution in [2.45, 2.75) is 173 Å². The number of Topliss-reactive ketones (excluding diaryl/α,β-unsaturated/α-hetero) is 1. The molecule has 3 heterocycles. The molecule has 0 unspecified atom stereocenters. The number of aliphatic hydroxyl groups excluding tert-OH is 4. The molecule has 0 aromatic heterocycles. The number of rotatable bonds is 10. The quantitative estimate of drug-likeness (QED) is 0.0566. The molecule has 4 aliphatic carbocycles. The van der Waals surface area contributed by atoms with Crippen LogP contribution in [0.5, 0.6) is 0 Å². The molecule has 0 amide bonds. The van der Waals surface area contributed by atoms with Gasteiger partial charge in [-0.25, -0.2) is 8.42 Å². The Labute approximate surface area is 363 Å². The van der Waals surface area contributed by atoms with E-state index < -0.39 is 106 Å². The molecule has 0 bridgehead atoms. The maximum absolute atomic E-state index is 14.2. The van der Waals surface area contributed by atoms with Crippen LogP contribution in [0.3, 0.4) is 0 Å². The van der Waals surface area contributed by atoms with Crippen LogP contribution in [0.25, 0.3) is 0 Å². The summed E-state index contributed by atoms with van der Waals surface area (Å²) in [6, 6.07) is 0. The minimum Gasteiger partial charge on any atom is -0.726 e. The second-order valence-corrected chi connectivity index (χ2v) is 20.5. The Kier molecular flexibility index (Phi) is 12.9. The first-order chi connectivity index (χ1) is 26.4. The molecule has 3 aliphatic heterocycles. The number of cyclic esters (lactones) is 1. The maximum Gasteiger partial charge on any atom is 1.00 e. The summed E-state index contributed by atoms with van der Waals surface area (Å²) in [7, 11) is -5.27. The Balaban J connectivity index is 0.00000567. The van der Waals surface area contributed by atoms with E-state index in [0.717, 1.165) is 31.3 Å². The molecule has 6 fully saturated rings. The van der Waals surface area contributed by atoms with Gasteiger partial charge in [-0.3, -0.25) is 13.8 Å². The summed E-state index contributed by atoms with van der Waals surface area (Å²) < 4.78 is 69.6. The number of hydrogen-bond donors (Lipinski definition) is 4. The van der Waals surface area contributed by atoms with Crippen LogP contribution in [0.4, 0.5) is 0 Å². The van der Waals surface area contributed by atoms with Crippen LogP contribution in [-0.4, -0.2) is 119 Å². The Morgan fingerprint density at radius 3 is 2.33 bits per heavy atom. The molecule has 7 rings (SSSR count).